The van der Waals surface area contributed by atoms with Crippen molar-refractivity contribution < 1.29 is 0 Å². The Kier molecular flexibility index (Phi) is 3.58. The van der Waals surface area contributed by atoms with E-state index in [0.717, 1.165) is 17.8 Å². The minimum absolute atomic E-state index is 0.709. The average molecular weight is 192 g/mol. The fraction of sp³-hybridized carbons (Fsp3) is 0.714. The zero-order valence-electron chi connectivity index (χ0n) is 10.1. The van der Waals surface area contributed by atoms with Crippen LogP contribution in [0.3, 0.4) is 0 Å². The van der Waals surface area contributed by atoms with Crippen molar-refractivity contribution in [3.05, 3.63) is 24.3 Å². The van der Waals surface area contributed by atoms with Crippen molar-refractivity contribution in [2.24, 2.45) is 23.7 Å². The van der Waals surface area contributed by atoms with E-state index in [2.05, 4.69) is 40.9 Å². The molecule has 4 atom stereocenters. The zero-order valence-corrected chi connectivity index (χ0v) is 10.1. The van der Waals surface area contributed by atoms with Crippen molar-refractivity contribution >= 4 is 0 Å². The average Bonchev–Trinajstić information content (AvgIpc) is 2.08. The summed E-state index contributed by atoms with van der Waals surface area (Å²) in [4.78, 5) is 0. The molecule has 80 valence electrons. The monoisotopic (exact) mass is 192 g/mol. The van der Waals surface area contributed by atoms with Gasteiger partial charge in [0, 0.05) is 0 Å². The van der Waals surface area contributed by atoms with Gasteiger partial charge in [0.1, 0.15) is 0 Å². The molecule has 0 radical (unpaired) electrons. The number of rotatable bonds is 2. The molecule has 0 aliphatic heterocycles. The maximum atomic E-state index is 4.13. The Balaban J connectivity index is 2.76. The van der Waals surface area contributed by atoms with Crippen molar-refractivity contribution in [2.45, 2.75) is 40.5 Å². The van der Waals surface area contributed by atoms with Gasteiger partial charge in [-0.25, -0.2) is 0 Å². The van der Waals surface area contributed by atoms with Crippen LogP contribution in [0.1, 0.15) is 40.5 Å². The van der Waals surface area contributed by atoms with E-state index < -0.39 is 0 Å². The Bertz CT molecular complexity index is 236. The highest BCUT2D eigenvalue weighted by Crippen LogP contribution is 2.42. The second-order valence-electron chi connectivity index (χ2n) is 5.30. The predicted molar refractivity (Wildman–Crippen MR) is 64.2 cm³/mol. The lowest BCUT2D eigenvalue weighted by atomic mass is 9.66. The molecule has 0 amide bonds. The van der Waals surface area contributed by atoms with Gasteiger partial charge in [-0.3, -0.25) is 0 Å². The Hall–Kier alpha value is -0.520. The van der Waals surface area contributed by atoms with Gasteiger partial charge in [-0.15, -0.1) is 0 Å². The van der Waals surface area contributed by atoms with Crippen molar-refractivity contribution in [1.29, 1.82) is 0 Å². The predicted octanol–water partition coefficient (Wildman–Crippen LogP) is 4.44. The SMILES string of the molecule is C=C(C)C1CC(C)C(C)C(C(=C)C)C1. The lowest BCUT2D eigenvalue weighted by Crippen LogP contribution is -2.30. The van der Waals surface area contributed by atoms with Crippen LogP contribution >= 0.6 is 0 Å². The summed E-state index contributed by atoms with van der Waals surface area (Å²) < 4.78 is 0. The summed E-state index contributed by atoms with van der Waals surface area (Å²) in [5.74, 6) is 3.04. The normalized spacial score (nSPS) is 38.0. The molecule has 1 aliphatic rings. The highest BCUT2D eigenvalue weighted by molar-refractivity contribution is 5.08. The third-order valence-corrected chi connectivity index (χ3v) is 4.06. The lowest BCUT2D eigenvalue weighted by Gasteiger charge is -2.39. The van der Waals surface area contributed by atoms with E-state index in [1.165, 1.54) is 24.0 Å². The fourth-order valence-electron chi connectivity index (χ4n) is 2.73. The van der Waals surface area contributed by atoms with Crippen molar-refractivity contribution in [1.82, 2.24) is 0 Å². The van der Waals surface area contributed by atoms with Crippen LogP contribution in [-0.4, -0.2) is 0 Å². The lowest BCUT2D eigenvalue weighted by molar-refractivity contribution is 0.170. The van der Waals surface area contributed by atoms with Crippen molar-refractivity contribution in [2.75, 3.05) is 0 Å². The first-order valence-electron chi connectivity index (χ1n) is 5.74. The van der Waals surface area contributed by atoms with Gasteiger partial charge < -0.3 is 0 Å². The van der Waals surface area contributed by atoms with Crippen LogP contribution in [0.5, 0.6) is 0 Å². The van der Waals surface area contributed by atoms with Crippen LogP contribution in [0.15, 0.2) is 24.3 Å². The topological polar surface area (TPSA) is 0 Å². The molecule has 0 aromatic heterocycles. The molecule has 0 saturated heterocycles. The quantitative estimate of drug-likeness (QED) is 0.567. The largest absolute Gasteiger partial charge is 0.0999 e. The third-order valence-electron chi connectivity index (χ3n) is 4.06. The highest BCUT2D eigenvalue weighted by atomic mass is 14.4. The molecule has 0 N–H and O–H groups in total. The van der Waals surface area contributed by atoms with Crippen LogP contribution in [0, 0.1) is 23.7 Å². The number of hydrogen-bond donors (Lipinski definition) is 0. The van der Waals surface area contributed by atoms with Crippen LogP contribution in [0.2, 0.25) is 0 Å². The molecule has 0 heteroatoms. The van der Waals surface area contributed by atoms with E-state index in [-0.39, 0.29) is 0 Å². The van der Waals surface area contributed by atoms with Crippen LogP contribution in [0.4, 0.5) is 0 Å². The first kappa shape index (κ1) is 11.6. The van der Waals surface area contributed by atoms with Gasteiger partial charge in [0.2, 0.25) is 0 Å². The van der Waals surface area contributed by atoms with Gasteiger partial charge in [-0.2, -0.15) is 0 Å². The zero-order chi connectivity index (χ0) is 10.9. The Morgan fingerprint density at radius 3 is 2.00 bits per heavy atom. The maximum absolute atomic E-state index is 4.13. The molecule has 0 nitrogen and oxygen atoms in total. The second-order valence-corrected chi connectivity index (χ2v) is 5.30. The number of hydrogen-bond acceptors (Lipinski definition) is 0. The standard InChI is InChI=1S/C14H24/c1-9(2)13-7-11(5)12(6)14(8-13)10(3)4/h11-14H,1,3,7-8H2,2,4-6H3. The minimum atomic E-state index is 0.709. The number of allylic oxidation sites excluding steroid dienone is 2. The van der Waals surface area contributed by atoms with E-state index in [4.69, 9.17) is 0 Å². The Labute approximate surface area is 89.1 Å². The molecule has 1 fully saturated rings. The van der Waals surface area contributed by atoms with Gasteiger partial charge in [-0.05, 0) is 50.4 Å². The first-order valence-corrected chi connectivity index (χ1v) is 5.74. The van der Waals surface area contributed by atoms with Crippen LogP contribution in [-0.2, 0) is 0 Å². The fourth-order valence-corrected chi connectivity index (χ4v) is 2.73. The summed E-state index contributed by atoms with van der Waals surface area (Å²) in [5.41, 5.74) is 2.71. The molecule has 0 bridgehead atoms. The molecule has 0 aromatic carbocycles. The van der Waals surface area contributed by atoms with Gasteiger partial charge in [0.15, 0.2) is 0 Å². The van der Waals surface area contributed by atoms with E-state index >= 15 is 0 Å². The maximum Gasteiger partial charge on any atom is -0.0175 e. The minimum Gasteiger partial charge on any atom is -0.0999 e. The summed E-state index contributed by atoms with van der Waals surface area (Å²) in [5, 5.41) is 0. The van der Waals surface area contributed by atoms with Gasteiger partial charge in [0.05, 0.1) is 0 Å². The van der Waals surface area contributed by atoms with Gasteiger partial charge >= 0.3 is 0 Å². The molecule has 4 unspecified atom stereocenters. The van der Waals surface area contributed by atoms with E-state index in [9.17, 15) is 0 Å². The summed E-state index contributed by atoms with van der Waals surface area (Å²) >= 11 is 0. The molecular formula is C14H24. The summed E-state index contributed by atoms with van der Waals surface area (Å²) in [7, 11) is 0. The highest BCUT2D eigenvalue weighted by Gasteiger charge is 2.33. The first-order chi connectivity index (χ1) is 6.43. The smallest absolute Gasteiger partial charge is 0.0175 e. The van der Waals surface area contributed by atoms with Gasteiger partial charge in [0.25, 0.3) is 0 Å². The molecule has 0 aromatic rings. The molecule has 0 spiro atoms. The Morgan fingerprint density at radius 2 is 1.57 bits per heavy atom. The molecule has 0 heterocycles. The molecule has 1 aliphatic carbocycles. The van der Waals surface area contributed by atoms with Crippen LogP contribution in [0.25, 0.3) is 0 Å². The molecule has 1 rings (SSSR count). The van der Waals surface area contributed by atoms with E-state index in [1.54, 1.807) is 0 Å². The van der Waals surface area contributed by atoms with Gasteiger partial charge in [-0.1, -0.05) is 38.2 Å². The summed E-state index contributed by atoms with van der Waals surface area (Å²) in [6.07, 6.45) is 2.59. The summed E-state index contributed by atoms with van der Waals surface area (Å²) in [6, 6.07) is 0. The molecule has 14 heavy (non-hydrogen) atoms. The molecule has 1 saturated carbocycles. The molecular weight excluding hydrogens is 168 g/mol. The van der Waals surface area contributed by atoms with Crippen molar-refractivity contribution in [3.63, 3.8) is 0 Å². The second kappa shape index (κ2) is 4.33. The van der Waals surface area contributed by atoms with E-state index in [0.29, 0.717) is 5.92 Å². The summed E-state index contributed by atoms with van der Waals surface area (Å²) in [6.45, 7) is 17.3. The van der Waals surface area contributed by atoms with E-state index in [1.807, 2.05) is 0 Å². The third kappa shape index (κ3) is 2.29. The Morgan fingerprint density at radius 1 is 1.00 bits per heavy atom. The van der Waals surface area contributed by atoms with Crippen LogP contribution < -0.4 is 0 Å². The van der Waals surface area contributed by atoms with Crippen molar-refractivity contribution in [3.8, 4) is 0 Å².